The monoisotopic (exact) mass is 520 g/mol. The number of benzene rings is 2. The van der Waals surface area contributed by atoms with E-state index in [1.165, 1.54) is 11.1 Å². The highest BCUT2D eigenvalue weighted by Gasteiger charge is 2.41. The molecule has 3 N–H and O–H groups in total. The highest BCUT2D eigenvalue weighted by atomic mass is 16.5. The summed E-state index contributed by atoms with van der Waals surface area (Å²) >= 11 is 0. The van der Waals surface area contributed by atoms with E-state index in [1.54, 1.807) is 0 Å². The van der Waals surface area contributed by atoms with Crippen LogP contribution >= 0.6 is 0 Å². The Kier molecular flexibility index (Phi) is 12.8. The predicted octanol–water partition coefficient (Wildman–Crippen LogP) is 6.93. The fraction of sp³-hybridized carbons (Fsp3) is 0.485. The molecule has 5 atom stereocenters. The number of carbonyl (C=O) groups is 1. The summed E-state index contributed by atoms with van der Waals surface area (Å²) in [4.78, 5) is 10.8. The number of hydrogen-bond acceptors (Lipinski definition) is 4. The summed E-state index contributed by atoms with van der Waals surface area (Å²) in [5.41, 5.74) is 3.44. The lowest BCUT2D eigenvalue weighted by atomic mass is 9.89. The lowest BCUT2D eigenvalue weighted by molar-refractivity contribution is -0.137. The summed E-state index contributed by atoms with van der Waals surface area (Å²) in [7, 11) is 0. The molecule has 0 radical (unpaired) electrons. The second-order valence-electron chi connectivity index (χ2n) is 10.4. The molecular weight excluding hydrogens is 476 g/mol. The van der Waals surface area contributed by atoms with Gasteiger partial charge in [0.1, 0.15) is 0 Å². The highest BCUT2D eigenvalue weighted by Crippen LogP contribution is 2.39. The molecule has 5 heteroatoms. The maximum atomic E-state index is 10.9. The number of unbranched alkanes of at least 4 members (excludes halogenated alkanes) is 3. The van der Waals surface area contributed by atoms with Crippen LogP contribution in [0.1, 0.15) is 70.3 Å². The van der Waals surface area contributed by atoms with Crippen LogP contribution in [0.25, 0.3) is 11.1 Å². The van der Waals surface area contributed by atoms with Crippen molar-refractivity contribution < 1.29 is 24.9 Å². The van der Waals surface area contributed by atoms with E-state index < -0.39 is 18.2 Å². The van der Waals surface area contributed by atoms with Gasteiger partial charge in [0.2, 0.25) is 0 Å². The van der Waals surface area contributed by atoms with E-state index >= 15 is 0 Å². The Balaban J connectivity index is 1.62. The standard InChI is InChI=1S/C33H44O5/c1-2-3-7-14-28(34)21-22-29-30(15-10-4-5-11-16-33(36)37)32(23-31(29)35)38-24-25-17-19-27(20-18-25)26-12-8-6-9-13-26/h4,6,8-10,12-13,17-22,28-32,34-35H,2-3,5,7,11,14-16,23-24H2,1H3,(H,36,37)/b10-4-,22-21+/t28-,29+,30+,31+,32-/m0/s1. The van der Waals surface area contributed by atoms with Crippen LogP contribution in [0.3, 0.4) is 0 Å². The van der Waals surface area contributed by atoms with Crippen LogP contribution in [-0.2, 0) is 16.1 Å². The van der Waals surface area contributed by atoms with Crippen LogP contribution < -0.4 is 0 Å². The van der Waals surface area contributed by atoms with Crippen molar-refractivity contribution in [2.75, 3.05) is 0 Å². The van der Waals surface area contributed by atoms with Gasteiger partial charge >= 0.3 is 5.97 Å². The van der Waals surface area contributed by atoms with Crippen LogP contribution in [0, 0.1) is 11.8 Å². The molecule has 3 rings (SSSR count). The molecule has 0 unspecified atom stereocenters. The van der Waals surface area contributed by atoms with Gasteiger partial charge in [-0.3, -0.25) is 4.79 Å². The molecule has 0 saturated heterocycles. The molecule has 1 aliphatic carbocycles. The van der Waals surface area contributed by atoms with Gasteiger partial charge in [-0.05, 0) is 48.3 Å². The van der Waals surface area contributed by atoms with Crippen LogP contribution in [0.15, 0.2) is 78.9 Å². The lowest BCUT2D eigenvalue weighted by Gasteiger charge is -2.23. The fourth-order valence-electron chi connectivity index (χ4n) is 5.20. The quantitative estimate of drug-likeness (QED) is 0.165. The van der Waals surface area contributed by atoms with Crippen LogP contribution in [-0.4, -0.2) is 39.6 Å². The van der Waals surface area contributed by atoms with Crippen LogP contribution in [0.2, 0.25) is 0 Å². The van der Waals surface area contributed by atoms with Crippen LogP contribution in [0.5, 0.6) is 0 Å². The van der Waals surface area contributed by atoms with Gasteiger partial charge in [0.25, 0.3) is 0 Å². The Labute approximate surface area is 227 Å². The molecule has 5 nitrogen and oxygen atoms in total. The van der Waals surface area contributed by atoms with Crippen molar-refractivity contribution in [2.45, 2.75) is 89.6 Å². The minimum atomic E-state index is -0.773. The molecular formula is C33H44O5. The zero-order valence-corrected chi connectivity index (χ0v) is 22.6. The van der Waals surface area contributed by atoms with Gasteiger partial charge in [0, 0.05) is 18.8 Å². The third-order valence-corrected chi connectivity index (χ3v) is 7.41. The highest BCUT2D eigenvalue weighted by molar-refractivity contribution is 5.66. The van der Waals surface area contributed by atoms with Crippen molar-refractivity contribution in [1.29, 1.82) is 0 Å². The third kappa shape index (κ3) is 9.86. The first-order valence-corrected chi connectivity index (χ1v) is 14.1. The largest absolute Gasteiger partial charge is 0.481 e. The molecule has 0 amide bonds. The molecule has 0 aliphatic heterocycles. The number of hydrogen-bond donors (Lipinski definition) is 3. The molecule has 0 aromatic heterocycles. The van der Waals surface area contributed by atoms with Crippen molar-refractivity contribution in [3.05, 3.63) is 84.5 Å². The van der Waals surface area contributed by atoms with E-state index in [9.17, 15) is 15.0 Å². The predicted molar refractivity (Wildman–Crippen MR) is 153 cm³/mol. The third-order valence-electron chi connectivity index (χ3n) is 7.41. The fourth-order valence-corrected chi connectivity index (χ4v) is 5.20. The topological polar surface area (TPSA) is 87.0 Å². The number of carboxylic acids is 1. The first-order valence-electron chi connectivity index (χ1n) is 14.1. The molecule has 2 aromatic carbocycles. The maximum absolute atomic E-state index is 10.9. The number of rotatable bonds is 16. The molecule has 206 valence electrons. The number of allylic oxidation sites excluding steroid dienone is 2. The van der Waals surface area contributed by atoms with Gasteiger partial charge in [-0.2, -0.15) is 0 Å². The Morgan fingerprint density at radius 1 is 1.03 bits per heavy atom. The van der Waals surface area contributed by atoms with Gasteiger partial charge in [-0.15, -0.1) is 0 Å². The lowest BCUT2D eigenvalue weighted by Crippen LogP contribution is -2.22. The molecule has 0 heterocycles. The summed E-state index contributed by atoms with van der Waals surface area (Å²) in [6.45, 7) is 2.62. The normalized spacial score (nSPS) is 22.4. The van der Waals surface area contributed by atoms with Crippen molar-refractivity contribution in [2.24, 2.45) is 11.8 Å². The first-order chi connectivity index (χ1) is 18.5. The molecule has 1 aliphatic rings. The minimum absolute atomic E-state index is 0.0865. The number of ether oxygens (including phenoxy) is 1. The van der Waals surface area contributed by atoms with E-state index in [0.717, 1.165) is 44.1 Å². The summed E-state index contributed by atoms with van der Waals surface area (Å²) < 4.78 is 6.38. The Morgan fingerprint density at radius 3 is 2.47 bits per heavy atom. The first kappa shape index (κ1) is 29.8. The van der Waals surface area contributed by atoms with E-state index in [-0.39, 0.29) is 24.4 Å². The molecule has 2 aromatic rings. The van der Waals surface area contributed by atoms with Gasteiger partial charge in [-0.25, -0.2) is 0 Å². The Bertz CT molecular complexity index is 998. The van der Waals surface area contributed by atoms with E-state index in [0.29, 0.717) is 19.4 Å². The number of aliphatic carboxylic acids is 1. The van der Waals surface area contributed by atoms with Gasteiger partial charge < -0.3 is 20.1 Å². The summed E-state index contributed by atoms with van der Waals surface area (Å²) in [5.74, 6) is -0.779. The zero-order valence-electron chi connectivity index (χ0n) is 22.6. The smallest absolute Gasteiger partial charge is 0.303 e. The maximum Gasteiger partial charge on any atom is 0.303 e. The van der Waals surface area contributed by atoms with Crippen molar-refractivity contribution in [3.8, 4) is 11.1 Å². The van der Waals surface area contributed by atoms with Crippen molar-refractivity contribution in [1.82, 2.24) is 0 Å². The SMILES string of the molecule is CCCCC[C@H](O)/C=C/[C@@H]1[C@@H](C/C=C\CCCC(=O)O)[C@@H](OCc2ccc(-c3ccccc3)cc2)C[C@H]1O. The summed E-state index contributed by atoms with van der Waals surface area (Å²) in [6.07, 6.45) is 13.6. The summed E-state index contributed by atoms with van der Waals surface area (Å²) in [6, 6.07) is 18.7. The average Bonchev–Trinajstić information content (AvgIpc) is 3.22. The van der Waals surface area contributed by atoms with E-state index in [4.69, 9.17) is 9.84 Å². The number of aliphatic hydroxyl groups is 2. The van der Waals surface area contributed by atoms with Crippen molar-refractivity contribution >= 4 is 5.97 Å². The molecule has 1 fully saturated rings. The van der Waals surface area contributed by atoms with Gasteiger partial charge in [0.05, 0.1) is 24.9 Å². The van der Waals surface area contributed by atoms with Crippen LogP contribution in [0.4, 0.5) is 0 Å². The van der Waals surface area contributed by atoms with E-state index in [1.807, 2.05) is 36.4 Å². The Hall–Kier alpha value is -2.73. The van der Waals surface area contributed by atoms with Gasteiger partial charge in [-0.1, -0.05) is 105 Å². The molecule has 0 spiro atoms. The molecule has 1 saturated carbocycles. The Morgan fingerprint density at radius 2 is 1.76 bits per heavy atom. The molecule has 0 bridgehead atoms. The molecule has 38 heavy (non-hydrogen) atoms. The van der Waals surface area contributed by atoms with Gasteiger partial charge in [0.15, 0.2) is 0 Å². The summed E-state index contributed by atoms with van der Waals surface area (Å²) in [5, 5.41) is 30.1. The zero-order chi connectivity index (χ0) is 27.2. The van der Waals surface area contributed by atoms with Crippen molar-refractivity contribution in [3.63, 3.8) is 0 Å². The van der Waals surface area contributed by atoms with E-state index in [2.05, 4.69) is 49.4 Å². The average molecular weight is 521 g/mol. The number of carboxylic acid groups (broad SMARTS) is 1. The number of aliphatic hydroxyl groups excluding tert-OH is 2. The second kappa shape index (κ2) is 16.3. The second-order valence-corrected chi connectivity index (χ2v) is 10.4. The minimum Gasteiger partial charge on any atom is -0.481 e.